The van der Waals surface area contributed by atoms with Gasteiger partial charge in [0, 0.05) is 24.7 Å². The van der Waals surface area contributed by atoms with Crippen molar-refractivity contribution in [1.29, 1.82) is 0 Å². The summed E-state index contributed by atoms with van der Waals surface area (Å²) in [6.07, 6.45) is 0. The van der Waals surface area contributed by atoms with Crippen molar-refractivity contribution in [3.63, 3.8) is 0 Å². The number of hydrogen-bond donors (Lipinski definition) is 1. The van der Waals surface area contributed by atoms with E-state index in [4.69, 9.17) is 4.98 Å². The summed E-state index contributed by atoms with van der Waals surface area (Å²) in [5, 5.41) is 8.09. The van der Waals surface area contributed by atoms with Gasteiger partial charge in [-0.3, -0.25) is 4.79 Å². The number of hydrogen-bond acceptors (Lipinski definition) is 6. The van der Waals surface area contributed by atoms with E-state index in [1.54, 1.807) is 24.6 Å². The van der Waals surface area contributed by atoms with E-state index in [9.17, 15) is 13.2 Å². The smallest absolute Gasteiger partial charge is 0.256 e. The molecular weight excluding hydrogens is 494 g/mol. The largest absolute Gasteiger partial charge is 0.306 e. The molecule has 0 unspecified atom stereocenters. The maximum Gasteiger partial charge on any atom is 0.256 e. The number of aryl methyl sites for hydroxylation is 1. The summed E-state index contributed by atoms with van der Waals surface area (Å²) >= 11 is 1.51. The summed E-state index contributed by atoms with van der Waals surface area (Å²) in [4.78, 5) is 17.9. The van der Waals surface area contributed by atoms with Gasteiger partial charge >= 0.3 is 0 Å². The molecule has 0 atom stereocenters. The van der Waals surface area contributed by atoms with Gasteiger partial charge in [0.2, 0.25) is 15.2 Å². The third-order valence-corrected chi connectivity index (χ3v) is 9.06. The molecule has 4 rings (SSSR count). The molecular formula is C26H31N5O3S2. The number of benzene rings is 2. The lowest BCUT2D eigenvalue weighted by atomic mass is 9.87. The molecule has 2 aromatic carbocycles. The highest BCUT2D eigenvalue weighted by Crippen LogP contribution is 2.32. The quantitative estimate of drug-likeness (QED) is 0.365. The van der Waals surface area contributed by atoms with Crippen molar-refractivity contribution >= 4 is 43.3 Å². The zero-order valence-corrected chi connectivity index (χ0v) is 23.2. The summed E-state index contributed by atoms with van der Waals surface area (Å²) in [6, 6.07) is 13.8. The van der Waals surface area contributed by atoms with Crippen LogP contribution in [0, 0.1) is 6.92 Å². The van der Waals surface area contributed by atoms with Gasteiger partial charge in [-0.15, -0.1) is 0 Å². The SMILES string of the molecule is Cc1cc(NC(=O)c2ccc(S(=O)(=O)N(C)C(C)C)cc2)n(-c2nc3ccc(C(C)(C)C)cc3s2)n1. The Balaban J connectivity index is 1.60. The Kier molecular flexibility index (Phi) is 6.80. The van der Waals surface area contributed by atoms with E-state index in [0.717, 1.165) is 15.9 Å². The van der Waals surface area contributed by atoms with Crippen LogP contribution < -0.4 is 5.32 Å². The minimum absolute atomic E-state index is 0.0266. The second-order valence-corrected chi connectivity index (χ2v) is 13.1. The molecule has 0 fully saturated rings. The van der Waals surface area contributed by atoms with Crippen LogP contribution in [0.4, 0.5) is 5.82 Å². The van der Waals surface area contributed by atoms with Gasteiger partial charge in [0.1, 0.15) is 5.82 Å². The van der Waals surface area contributed by atoms with E-state index < -0.39 is 10.0 Å². The van der Waals surface area contributed by atoms with Crippen molar-refractivity contribution in [2.75, 3.05) is 12.4 Å². The van der Waals surface area contributed by atoms with Crippen molar-refractivity contribution in [1.82, 2.24) is 19.1 Å². The summed E-state index contributed by atoms with van der Waals surface area (Å²) in [5.41, 5.74) is 3.19. The van der Waals surface area contributed by atoms with Gasteiger partial charge in [-0.2, -0.15) is 14.1 Å². The molecule has 2 heterocycles. The van der Waals surface area contributed by atoms with E-state index in [2.05, 4.69) is 43.3 Å². The highest BCUT2D eigenvalue weighted by molar-refractivity contribution is 7.89. The third kappa shape index (κ3) is 5.07. The normalized spacial score (nSPS) is 12.6. The number of thiazole rings is 1. The van der Waals surface area contributed by atoms with Gasteiger partial charge in [0.25, 0.3) is 5.91 Å². The molecule has 8 nitrogen and oxygen atoms in total. The Morgan fingerprint density at radius 1 is 1.08 bits per heavy atom. The molecule has 1 N–H and O–H groups in total. The van der Waals surface area contributed by atoms with E-state index in [1.165, 1.54) is 52.5 Å². The minimum atomic E-state index is -3.62. The molecule has 36 heavy (non-hydrogen) atoms. The monoisotopic (exact) mass is 525 g/mol. The second-order valence-electron chi connectivity index (χ2n) is 10.1. The Morgan fingerprint density at radius 3 is 2.36 bits per heavy atom. The summed E-state index contributed by atoms with van der Waals surface area (Å²) in [5.74, 6) is 0.122. The van der Waals surface area contributed by atoms with E-state index in [1.807, 2.05) is 13.0 Å². The molecule has 10 heteroatoms. The van der Waals surface area contributed by atoms with Crippen LogP contribution in [0.2, 0.25) is 0 Å². The van der Waals surface area contributed by atoms with E-state index in [-0.39, 0.29) is 22.3 Å². The Morgan fingerprint density at radius 2 is 1.75 bits per heavy atom. The Labute approximate surface area is 216 Å². The average molecular weight is 526 g/mol. The molecule has 190 valence electrons. The number of rotatable bonds is 6. The number of carbonyl (C=O) groups is 1. The lowest BCUT2D eigenvalue weighted by Crippen LogP contribution is -2.33. The van der Waals surface area contributed by atoms with E-state index in [0.29, 0.717) is 16.5 Å². The molecule has 0 saturated carbocycles. The molecule has 0 bridgehead atoms. The average Bonchev–Trinajstić information content (AvgIpc) is 3.40. The molecule has 2 aromatic heterocycles. The summed E-state index contributed by atoms with van der Waals surface area (Å²) in [7, 11) is -2.09. The van der Waals surface area contributed by atoms with Crippen LogP contribution in [0.5, 0.6) is 0 Å². The number of sulfonamides is 1. The molecule has 0 spiro atoms. The molecule has 0 aliphatic heterocycles. The third-order valence-electron chi connectivity index (χ3n) is 6.02. The first-order chi connectivity index (χ1) is 16.8. The fourth-order valence-electron chi connectivity index (χ4n) is 3.61. The van der Waals surface area contributed by atoms with Crippen LogP contribution in [0.15, 0.2) is 53.4 Å². The van der Waals surface area contributed by atoms with Gasteiger partial charge < -0.3 is 5.32 Å². The lowest BCUT2D eigenvalue weighted by Gasteiger charge is -2.21. The first kappa shape index (κ1) is 26.0. The van der Waals surface area contributed by atoms with Crippen molar-refractivity contribution < 1.29 is 13.2 Å². The van der Waals surface area contributed by atoms with Crippen molar-refractivity contribution in [2.24, 2.45) is 0 Å². The molecule has 4 aromatic rings. The minimum Gasteiger partial charge on any atom is -0.306 e. The van der Waals surface area contributed by atoms with Crippen LogP contribution >= 0.6 is 11.3 Å². The topological polar surface area (TPSA) is 97.2 Å². The number of amides is 1. The van der Waals surface area contributed by atoms with Gasteiger partial charge in [0.15, 0.2) is 0 Å². The number of carbonyl (C=O) groups excluding carboxylic acids is 1. The number of aromatic nitrogens is 3. The number of fused-ring (bicyclic) bond motifs is 1. The van der Waals surface area contributed by atoms with Crippen LogP contribution in [0.3, 0.4) is 0 Å². The Bertz CT molecular complexity index is 1530. The van der Waals surface area contributed by atoms with Crippen molar-refractivity contribution in [2.45, 2.75) is 57.9 Å². The van der Waals surface area contributed by atoms with Crippen molar-refractivity contribution in [3.05, 3.63) is 65.4 Å². The molecule has 0 radical (unpaired) electrons. The second kappa shape index (κ2) is 9.42. The fraction of sp³-hybridized carbons (Fsp3) is 0.346. The highest BCUT2D eigenvalue weighted by atomic mass is 32.2. The summed E-state index contributed by atoms with van der Waals surface area (Å²) in [6.45, 7) is 12.0. The van der Waals surface area contributed by atoms with Gasteiger partial charge in [-0.05, 0) is 68.1 Å². The zero-order chi connectivity index (χ0) is 26.4. The number of anilines is 1. The predicted octanol–water partition coefficient (Wildman–Crippen LogP) is 5.37. The van der Waals surface area contributed by atoms with Crippen LogP contribution in [-0.4, -0.2) is 46.5 Å². The Hall–Kier alpha value is -3.08. The summed E-state index contributed by atoms with van der Waals surface area (Å²) < 4.78 is 29.4. The van der Waals surface area contributed by atoms with Crippen LogP contribution in [-0.2, 0) is 15.4 Å². The maximum absolute atomic E-state index is 13.0. The van der Waals surface area contributed by atoms with E-state index >= 15 is 0 Å². The lowest BCUT2D eigenvalue weighted by molar-refractivity contribution is 0.102. The van der Waals surface area contributed by atoms with Crippen LogP contribution in [0.25, 0.3) is 15.3 Å². The van der Waals surface area contributed by atoms with Gasteiger partial charge in [-0.25, -0.2) is 13.4 Å². The number of nitrogens with one attached hydrogen (secondary N) is 1. The number of nitrogens with zero attached hydrogens (tertiary/aromatic N) is 4. The molecule has 1 amide bonds. The van der Waals surface area contributed by atoms with Crippen molar-refractivity contribution in [3.8, 4) is 5.13 Å². The highest BCUT2D eigenvalue weighted by Gasteiger charge is 2.24. The molecule has 0 saturated heterocycles. The molecule has 0 aliphatic rings. The molecule has 0 aliphatic carbocycles. The predicted molar refractivity (Wildman–Crippen MR) is 145 cm³/mol. The first-order valence-electron chi connectivity index (χ1n) is 11.6. The first-order valence-corrected chi connectivity index (χ1v) is 13.9. The fourth-order valence-corrected chi connectivity index (χ4v) is 5.95. The van der Waals surface area contributed by atoms with Crippen LogP contribution in [0.1, 0.15) is 56.2 Å². The van der Waals surface area contributed by atoms with Gasteiger partial charge in [0.05, 0.1) is 20.8 Å². The van der Waals surface area contributed by atoms with Gasteiger partial charge in [-0.1, -0.05) is 38.2 Å². The standard InChI is InChI=1S/C26H31N5O3S2/c1-16(2)30(7)36(33,34)20-11-8-18(9-12-20)24(32)28-23-14-17(3)29-31(23)25-27-21-13-10-19(26(4,5)6)15-22(21)35-25/h8-16H,1-7H3,(H,28,32). The zero-order valence-electron chi connectivity index (χ0n) is 21.5. The maximum atomic E-state index is 13.0.